The number of hydrogen-bond acceptors (Lipinski definition) is 4. The van der Waals surface area contributed by atoms with E-state index in [1.165, 1.54) is 5.56 Å². The number of rotatable bonds is 7. The zero-order valence-corrected chi connectivity index (χ0v) is 14.8. The molecule has 3 rings (SSSR count). The Bertz CT molecular complexity index is 651. The highest BCUT2D eigenvalue weighted by Gasteiger charge is 2.23. The number of nitrogens with one attached hydrogen (secondary N) is 2. The molecule has 128 valence electrons. The van der Waals surface area contributed by atoms with E-state index in [2.05, 4.69) is 40.5 Å². The Kier molecular flexibility index (Phi) is 6.01. The average Bonchev–Trinajstić information content (AvgIpc) is 3.27. The molecule has 1 saturated heterocycles. The van der Waals surface area contributed by atoms with Gasteiger partial charge in [-0.1, -0.05) is 12.1 Å². The summed E-state index contributed by atoms with van der Waals surface area (Å²) in [5, 5.41) is 10.8. The third-order valence-electron chi connectivity index (χ3n) is 4.19. The van der Waals surface area contributed by atoms with Gasteiger partial charge in [0.15, 0.2) is 0 Å². The molecule has 1 amide bonds. The lowest BCUT2D eigenvalue weighted by molar-refractivity contribution is -0.124. The fourth-order valence-corrected chi connectivity index (χ4v) is 3.57. The highest BCUT2D eigenvalue weighted by molar-refractivity contribution is 7.07. The Hall–Kier alpha value is -1.69. The predicted octanol–water partition coefficient (Wildman–Crippen LogP) is 3.59. The summed E-state index contributed by atoms with van der Waals surface area (Å²) >= 11 is 1.74. The monoisotopic (exact) mass is 344 g/mol. The van der Waals surface area contributed by atoms with Gasteiger partial charge in [-0.05, 0) is 66.3 Å². The predicted molar refractivity (Wildman–Crippen MR) is 98.4 cm³/mol. The maximum atomic E-state index is 12.1. The molecule has 1 aromatic heterocycles. The van der Waals surface area contributed by atoms with Gasteiger partial charge in [-0.25, -0.2) is 0 Å². The quantitative estimate of drug-likeness (QED) is 0.807. The first-order valence-corrected chi connectivity index (χ1v) is 9.41. The van der Waals surface area contributed by atoms with E-state index < -0.39 is 0 Å². The molecule has 0 radical (unpaired) electrons. The van der Waals surface area contributed by atoms with Gasteiger partial charge in [0, 0.05) is 24.9 Å². The van der Waals surface area contributed by atoms with Crippen molar-refractivity contribution in [2.75, 3.05) is 11.9 Å². The van der Waals surface area contributed by atoms with Gasteiger partial charge in [0.1, 0.15) is 6.10 Å². The fourth-order valence-electron chi connectivity index (χ4n) is 2.89. The SMILES string of the molecule is C[C@@H](Cc1ccsc1)NCc1cccc(NC(=O)[C@@H]2CCCO2)c1. The van der Waals surface area contributed by atoms with Crippen LogP contribution in [0, 0.1) is 0 Å². The molecule has 4 nitrogen and oxygen atoms in total. The second kappa shape index (κ2) is 8.42. The van der Waals surface area contributed by atoms with Gasteiger partial charge in [-0.3, -0.25) is 4.79 Å². The molecule has 1 aliphatic heterocycles. The summed E-state index contributed by atoms with van der Waals surface area (Å²) in [5.41, 5.74) is 3.37. The molecule has 2 N–H and O–H groups in total. The summed E-state index contributed by atoms with van der Waals surface area (Å²) in [5.74, 6) is -0.0385. The number of carbonyl (C=O) groups excluding carboxylic acids is 1. The van der Waals surface area contributed by atoms with Crippen molar-refractivity contribution in [1.82, 2.24) is 5.32 Å². The third kappa shape index (κ3) is 4.90. The van der Waals surface area contributed by atoms with Crippen molar-refractivity contribution in [2.45, 2.75) is 44.9 Å². The number of ether oxygens (including phenoxy) is 1. The van der Waals surface area contributed by atoms with E-state index in [0.717, 1.165) is 37.1 Å². The van der Waals surface area contributed by atoms with Crippen LogP contribution in [0.1, 0.15) is 30.9 Å². The normalized spacial score (nSPS) is 18.5. The first-order valence-electron chi connectivity index (χ1n) is 8.46. The van der Waals surface area contributed by atoms with Crippen molar-refractivity contribution in [2.24, 2.45) is 0 Å². The number of anilines is 1. The van der Waals surface area contributed by atoms with E-state index >= 15 is 0 Å². The molecular formula is C19H24N2O2S. The molecule has 0 spiro atoms. The van der Waals surface area contributed by atoms with Crippen LogP contribution in [0.5, 0.6) is 0 Å². The Balaban J connectivity index is 1.50. The first kappa shape index (κ1) is 17.1. The molecule has 2 aromatic rings. The summed E-state index contributed by atoms with van der Waals surface area (Å²) in [6, 6.07) is 10.6. The molecule has 0 aliphatic carbocycles. The molecule has 1 aliphatic rings. The van der Waals surface area contributed by atoms with Crippen molar-refractivity contribution in [3.05, 3.63) is 52.2 Å². The van der Waals surface area contributed by atoms with E-state index in [0.29, 0.717) is 12.6 Å². The summed E-state index contributed by atoms with van der Waals surface area (Å²) in [6.45, 7) is 3.67. The minimum Gasteiger partial charge on any atom is -0.368 e. The van der Waals surface area contributed by atoms with Gasteiger partial charge in [-0.2, -0.15) is 11.3 Å². The van der Waals surface area contributed by atoms with Crippen LogP contribution in [0.15, 0.2) is 41.1 Å². The fraction of sp³-hybridized carbons (Fsp3) is 0.421. The number of amides is 1. The van der Waals surface area contributed by atoms with E-state index in [9.17, 15) is 4.79 Å². The van der Waals surface area contributed by atoms with E-state index in [4.69, 9.17) is 4.74 Å². The summed E-state index contributed by atoms with van der Waals surface area (Å²) < 4.78 is 5.42. The van der Waals surface area contributed by atoms with Crippen molar-refractivity contribution < 1.29 is 9.53 Å². The number of hydrogen-bond donors (Lipinski definition) is 2. The number of thiophene rings is 1. The van der Waals surface area contributed by atoms with Crippen LogP contribution in [0.2, 0.25) is 0 Å². The molecule has 0 unspecified atom stereocenters. The molecule has 2 atom stereocenters. The molecule has 24 heavy (non-hydrogen) atoms. The van der Waals surface area contributed by atoms with Gasteiger partial charge in [0.25, 0.3) is 5.91 Å². The van der Waals surface area contributed by atoms with Gasteiger partial charge in [0.05, 0.1) is 0 Å². The Morgan fingerprint density at radius 1 is 1.38 bits per heavy atom. The van der Waals surface area contributed by atoms with Crippen LogP contribution in [-0.4, -0.2) is 24.7 Å². The maximum Gasteiger partial charge on any atom is 0.253 e. The van der Waals surface area contributed by atoms with Crippen LogP contribution < -0.4 is 10.6 Å². The molecule has 1 aromatic carbocycles. The molecule has 0 saturated carbocycles. The molecule has 5 heteroatoms. The van der Waals surface area contributed by atoms with E-state index in [-0.39, 0.29) is 12.0 Å². The van der Waals surface area contributed by atoms with Crippen LogP contribution in [-0.2, 0) is 22.5 Å². The van der Waals surface area contributed by atoms with E-state index in [1.54, 1.807) is 11.3 Å². The minimum atomic E-state index is -0.294. The largest absolute Gasteiger partial charge is 0.368 e. The van der Waals surface area contributed by atoms with Crippen LogP contribution in [0.4, 0.5) is 5.69 Å². The maximum absolute atomic E-state index is 12.1. The van der Waals surface area contributed by atoms with Crippen molar-refractivity contribution in [3.8, 4) is 0 Å². The zero-order chi connectivity index (χ0) is 16.8. The standard InChI is InChI=1S/C19H24N2O2S/c1-14(10-16-7-9-24-13-16)20-12-15-4-2-5-17(11-15)21-19(22)18-6-3-8-23-18/h2,4-5,7,9,11,13-14,18,20H,3,6,8,10,12H2,1H3,(H,21,22)/t14-,18-/m0/s1. The van der Waals surface area contributed by atoms with Gasteiger partial charge >= 0.3 is 0 Å². The summed E-state index contributed by atoms with van der Waals surface area (Å²) in [6.07, 6.45) is 2.51. The minimum absolute atomic E-state index is 0.0385. The third-order valence-corrected chi connectivity index (χ3v) is 4.93. The Labute approximate surface area is 147 Å². The lowest BCUT2D eigenvalue weighted by atomic mass is 10.1. The van der Waals surface area contributed by atoms with Gasteiger partial charge < -0.3 is 15.4 Å². The Morgan fingerprint density at radius 2 is 2.29 bits per heavy atom. The van der Waals surface area contributed by atoms with Crippen molar-refractivity contribution >= 4 is 22.9 Å². The smallest absolute Gasteiger partial charge is 0.253 e. The van der Waals surface area contributed by atoms with Gasteiger partial charge in [-0.15, -0.1) is 0 Å². The molecule has 1 fully saturated rings. The lowest BCUT2D eigenvalue weighted by Gasteiger charge is -2.14. The van der Waals surface area contributed by atoms with Crippen LogP contribution in [0.3, 0.4) is 0 Å². The number of benzene rings is 1. The summed E-state index contributed by atoms with van der Waals surface area (Å²) in [7, 11) is 0. The van der Waals surface area contributed by atoms with Gasteiger partial charge in [0.2, 0.25) is 0 Å². The molecule has 0 bridgehead atoms. The topological polar surface area (TPSA) is 50.4 Å². The lowest BCUT2D eigenvalue weighted by Crippen LogP contribution is -2.28. The Morgan fingerprint density at radius 3 is 3.04 bits per heavy atom. The highest BCUT2D eigenvalue weighted by Crippen LogP contribution is 2.16. The van der Waals surface area contributed by atoms with Crippen LogP contribution in [0.25, 0.3) is 0 Å². The highest BCUT2D eigenvalue weighted by atomic mass is 32.1. The first-order chi connectivity index (χ1) is 11.7. The number of carbonyl (C=O) groups is 1. The molecular weight excluding hydrogens is 320 g/mol. The van der Waals surface area contributed by atoms with E-state index in [1.807, 2.05) is 18.2 Å². The van der Waals surface area contributed by atoms with Crippen LogP contribution >= 0.6 is 11.3 Å². The van der Waals surface area contributed by atoms with Crippen molar-refractivity contribution in [1.29, 1.82) is 0 Å². The second-order valence-electron chi connectivity index (χ2n) is 6.31. The average molecular weight is 344 g/mol. The van der Waals surface area contributed by atoms with Crippen molar-refractivity contribution in [3.63, 3.8) is 0 Å². The summed E-state index contributed by atoms with van der Waals surface area (Å²) in [4.78, 5) is 12.1. The zero-order valence-electron chi connectivity index (χ0n) is 14.0. The second-order valence-corrected chi connectivity index (χ2v) is 7.09. The molecule has 2 heterocycles.